The maximum Gasteiger partial charge on any atom is 0.219 e. The van der Waals surface area contributed by atoms with E-state index in [1.807, 2.05) is 4.90 Å². The zero-order chi connectivity index (χ0) is 9.14. The van der Waals surface area contributed by atoms with Crippen molar-refractivity contribution < 1.29 is 4.79 Å². The van der Waals surface area contributed by atoms with Crippen LogP contribution in [-0.2, 0) is 4.79 Å². The molecule has 0 radical (unpaired) electrons. The van der Waals surface area contributed by atoms with Crippen molar-refractivity contribution in [2.24, 2.45) is 11.7 Å². The summed E-state index contributed by atoms with van der Waals surface area (Å²) < 4.78 is 0. The van der Waals surface area contributed by atoms with Gasteiger partial charge in [0, 0.05) is 19.5 Å². The number of hydrogen-bond acceptors (Lipinski definition) is 2. The fourth-order valence-electron chi connectivity index (χ4n) is 2.14. The Kier molecular flexibility index (Phi) is 3.09. The number of nitrogens with two attached hydrogens (primary N) is 1. The van der Waals surface area contributed by atoms with Gasteiger partial charge in [-0.2, -0.15) is 0 Å². The number of amides is 1. The SMILES string of the molecule is CCC1C(CN)CCN1C(C)=O. The van der Waals surface area contributed by atoms with Crippen molar-refractivity contribution in [1.82, 2.24) is 4.90 Å². The molecule has 0 aliphatic carbocycles. The summed E-state index contributed by atoms with van der Waals surface area (Å²) in [5.74, 6) is 0.719. The maximum absolute atomic E-state index is 11.2. The fourth-order valence-corrected chi connectivity index (χ4v) is 2.14. The van der Waals surface area contributed by atoms with Crippen molar-refractivity contribution >= 4 is 5.91 Å². The van der Waals surface area contributed by atoms with Gasteiger partial charge >= 0.3 is 0 Å². The molecule has 0 spiro atoms. The maximum atomic E-state index is 11.2. The topological polar surface area (TPSA) is 46.3 Å². The second kappa shape index (κ2) is 3.90. The third-order valence-electron chi connectivity index (χ3n) is 2.81. The normalized spacial score (nSPS) is 29.4. The van der Waals surface area contributed by atoms with Crippen LogP contribution in [0.25, 0.3) is 0 Å². The first-order chi connectivity index (χ1) is 5.70. The molecule has 1 aliphatic heterocycles. The van der Waals surface area contributed by atoms with Crippen LogP contribution in [0, 0.1) is 5.92 Å². The van der Waals surface area contributed by atoms with Crippen LogP contribution in [0.3, 0.4) is 0 Å². The van der Waals surface area contributed by atoms with E-state index in [2.05, 4.69) is 6.92 Å². The van der Waals surface area contributed by atoms with Crippen molar-refractivity contribution in [1.29, 1.82) is 0 Å². The average molecular weight is 170 g/mol. The number of likely N-dealkylation sites (tertiary alicyclic amines) is 1. The van der Waals surface area contributed by atoms with Gasteiger partial charge in [-0.05, 0) is 25.3 Å². The molecule has 1 amide bonds. The Hall–Kier alpha value is -0.570. The average Bonchev–Trinajstić information content (AvgIpc) is 2.46. The monoisotopic (exact) mass is 170 g/mol. The van der Waals surface area contributed by atoms with E-state index in [4.69, 9.17) is 5.73 Å². The smallest absolute Gasteiger partial charge is 0.219 e. The number of hydrogen-bond donors (Lipinski definition) is 1. The van der Waals surface area contributed by atoms with Crippen LogP contribution < -0.4 is 5.73 Å². The molecule has 2 unspecified atom stereocenters. The van der Waals surface area contributed by atoms with Gasteiger partial charge in [0.2, 0.25) is 5.91 Å². The van der Waals surface area contributed by atoms with E-state index in [-0.39, 0.29) is 5.91 Å². The molecule has 0 aromatic heterocycles. The number of nitrogens with zero attached hydrogens (tertiary/aromatic N) is 1. The van der Waals surface area contributed by atoms with Gasteiger partial charge in [0.05, 0.1) is 0 Å². The van der Waals surface area contributed by atoms with Crippen LogP contribution in [0.2, 0.25) is 0 Å². The minimum Gasteiger partial charge on any atom is -0.340 e. The lowest BCUT2D eigenvalue weighted by atomic mass is 9.99. The summed E-state index contributed by atoms with van der Waals surface area (Å²) in [7, 11) is 0. The highest BCUT2D eigenvalue weighted by Gasteiger charge is 2.32. The van der Waals surface area contributed by atoms with Crippen molar-refractivity contribution in [3.63, 3.8) is 0 Å². The van der Waals surface area contributed by atoms with Gasteiger partial charge in [-0.15, -0.1) is 0 Å². The van der Waals surface area contributed by atoms with Crippen LogP contribution in [0.1, 0.15) is 26.7 Å². The summed E-state index contributed by atoms with van der Waals surface area (Å²) in [6, 6.07) is 0.396. The summed E-state index contributed by atoms with van der Waals surface area (Å²) in [5.41, 5.74) is 5.62. The van der Waals surface area contributed by atoms with Crippen LogP contribution >= 0.6 is 0 Å². The van der Waals surface area contributed by atoms with Crippen molar-refractivity contribution in [3.05, 3.63) is 0 Å². The third-order valence-corrected chi connectivity index (χ3v) is 2.81. The Morgan fingerprint density at radius 2 is 2.33 bits per heavy atom. The Morgan fingerprint density at radius 3 is 2.75 bits per heavy atom. The predicted molar refractivity (Wildman–Crippen MR) is 48.6 cm³/mol. The molecule has 1 rings (SSSR count). The van der Waals surface area contributed by atoms with E-state index < -0.39 is 0 Å². The minimum absolute atomic E-state index is 0.192. The van der Waals surface area contributed by atoms with E-state index in [9.17, 15) is 4.79 Å². The lowest BCUT2D eigenvalue weighted by Gasteiger charge is -2.25. The zero-order valence-electron chi connectivity index (χ0n) is 7.92. The first-order valence-corrected chi connectivity index (χ1v) is 4.68. The van der Waals surface area contributed by atoms with Crippen molar-refractivity contribution in [3.8, 4) is 0 Å². The Morgan fingerprint density at radius 1 is 1.67 bits per heavy atom. The van der Waals surface area contributed by atoms with Crippen molar-refractivity contribution in [2.45, 2.75) is 32.7 Å². The summed E-state index contributed by atoms with van der Waals surface area (Å²) >= 11 is 0. The second-order valence-corrected chi connectivity index (χ2v) is 3.47. The number of carbonyl (C=O) groups excluding carboxylic acids is 1. The molecular weight excluding hydrogens is 152 g/mol. The molecule has 3 nitrogen and oxygen atoms in total. The molecular formula is C9H18N2O. The Bertz CT molecular complexity index is 170. The highest BCUT2D eigenvalue weighted by molar-refractivity contribution is 5.74. The first kappa shape index (κ1) is 9.52. The van der Waals surface area contributed by atoms with Gasteiger partial charge in [0.25, 0.3) is 0 Å². The van der Waals surface area contributed by atoms with Crippen LogP contribution in [0.4, 0.5) is 0 Å². The highest BCUT2D eigenvalue weighted by Crippen LogP contribution is 2.25. The molecule has 2 N–H and O–H groups in total. The molecule has 0 aromatic rings. The summed E-state index contributed by atoms with van der Waals surface area (Å²) in [6.45, 7) is 5.37. The summed E-state index contributed by atoms with van der Waals surface area (Å²) in [4.78, 5) is 13.1. The Balaban J connectivity index is 2.62. The standard InChI is InChI=1S/C9H18N2O/c1-3-9-8(6-10)4-5-11(9)7(2)12/h8-9H,3-6,10H2,1-2H3. The highest BCUT2D eigenvalue weighted by atomic mass is 16.2. The van der Waals surface area contributed by atoms with Crippen LogP contribution in [0.5, 0.6) is 0 Å². The van der Waals surface area contributed by atoms with Crippen LogP contribution in [0.15, 0.2) is 0 Å². The number of rotatable bonds is 2. The Labute approximate surface area is 73.9 Å². The van der Waals surface area contributed by atoms with E-state index in [0.717, 1.165) is 19.4 Å². The molecule has 2 atom stereocenters. The molecule has 0 bridgehead atoms. The van der Waals surface area contributed by atoms with Crippen molar-refractivity contribution in [2.75, 3.05) is 13.1 Å². The van der Waals surface area contributed by atoms with E-state index in [0.29, 0.717) is 18.5 Å². The van der Waals surface area contributed by atoms with E-state index in [1.165, 1.54) is 0 Å². The fraction of sp³-hybridized carbons (Fsp3) is 0.889. The van der Waals surface area contributed by atoms with Gasteiger partial charge < -0.3 is 10.6 Å². The third kappa shape index (κ3) is 1.61. The quantitative estimate of drug-likeness (QED) is 0.659. The van der Waals surface area contributed by atoms with E-state index in [1.54, 1.807) is 6.92 Å². The largest absolute Gasteiger partial charge is 0.340 e. The molecule has 0 saturated carbocycles. The molecule has 0 aromatic carbocycles. The van der Waals surface area contributed by atoms with Gasteiger partial charge in [0.15, 0.2) is 0 Å². The second-order valence-electron chi connectivity index (χ2n) is 3.47. The molecule has 1 heterocycles. The zero-order valence-corrected chi connectivity index (χ0v) is 7.92. The lowest BCUT2D eigenvalue weighted by Crippen LogP contribution is -2.37. The molecule has 1 saturated heterocycles. The van der Waals surface area contributed by atoms with Gasteiger partial charge in [0.1, 0.15) is 0 Å². The van der Waals surface area contributed by atoms with E-state index >= 15 is 0 Å². The minimum atomic E-state index is 0.192. The van der Waals surface area contributed by atoms with Gasteiger partial charge in [-0.3, -0.25) is 4.79 Å². The molecule has 1 aliphatic rings. The summed E-state index contributed by atoms with van der Waals surface area (Å²) in [5, 5.41) is 0. The molecule has 12 heavy (non-hydrogen) atoms. The lowest BCUT2D eigenvalue weighted by molar-refractivity contribution is -0.130. The van der Waals surface area contributed by atoms with Gasteiger partial charge in [-0.25, -0.2) is 0 Å². The molecule has 3 heteroatoms. The first-order valence-electron chi connectivity index (χ1n) is 4.68. The van der Waals surface area contributed by atoms with Gasteiger partial charge in [-0.1, -0.05) is 6.92 Å². The number of carbonyl (C=O) groups is 1. The van der Waals surface area contributed by atoms with Crippen LogP contribution in [-0.4, -0.2) is 29.9 Å². The molecule has 1 fully saturated rings. The summed E-state index contributed by atoms with van der Waals surface area (Å²) in [6.07, 6.45) is 2.11. The molecule has 70 valence electrons. The predicted octanol–water partition coefficient (Wildman–Crippen LogP) is 0.592.